The summed E-state index contributed by atoms with van der Waals surface area (Å²) in [6.07, 6.45) is 0.921. The Morgan fingerprint density at radius 2 is 2.04 bits per heavy atom. The van der Waals surface area contributed by atoms with Gasteiger partial charge in [0.05, 0.1) is 35.3 Å². The van der Waals surface area contributed by atoms with Gasteiger partial charge in [0.25, 0.3) is 0 Å². The third kappa shape index (κ3) is 3.55. The van der Waals surface area contributed by atoms with Gasteiger partial charge in [0.15, 0.2) is 0 Å². The summed E-state index contributed by atoms with van der Waals surface area (Å²) >= 11 is 1.44. The highest BCUT2D eigenvalue weighted by Gasteiger charge is 2.40. The molecule has 1 aromatic rings. The van der Waals surface area contributed by atoms with E-state index < -0.39 is 11.8 Å². The average molecular weight is 341 g/mol. The van der Waals surface area contributed by atoms with E-state index in [9.17, 15) is 15.3 Å². The predicted molar refractivity (Wildman–Crippen MR) is 93.0 cm³/mol. The van der Waals surface area contributed by atoms with Gasteiger partial charge in [0.1, 0.15) is 11.7 Å². The van der Waals surface area contributed by atoms with Crippen molar-refractivity contribution < 1.29 is 9.53 Å². The Kier molecular flexibility index (Phi) is 6.28. The Morgan fingerprint density at radius 1 is 1.29 bits per heavy atom. The summed E-state index contributed by atoms with van der Waals surface area (Å²) in [6.45, 7) is 4.37. The fourth-order valence-electron chi connectivity index (χ4n) is 2.65. The van der Waals surface area contributed by atoms with E-state index in [4.69, 9.17) is 4.74 Å². The predicted octanol–water partition coefficient (Wildman–Crippen LogP) is 3.32. The largest absolute Gasteiger partial charge is 0.494 e. The van der Waals surface area contributed by atoms with E-state index in [-0.39, 0.29) is 5.91 Å². The van der Waals surface area contributed by atoms with Gasteiger partial charge in [-0.3, -0.25) is 4.79 Å². The minimum absolute atomic E-state index is 0.369. The quantitative estimate of drug-likeness (QED) is 0.858. The molecule has 2 atom stereocenters. The first-order valence-corrected chi connectivity index (χ1v) is 8.85. The molecule has 1 N–H and O–H groups in total. The van der Waals surface area contributed by atoms with Gasteiger partial charge in [-0.2, -0.15) is 10.5 Å². The third-order valence-electron chi connectivity index (χ3n) is 3.67. The molecule has 1 aliphatic heterocycles. The average Bonchev–Trinajstić information content (AvgIpc) is 2.60. The molecule has 0 fully saturated rings. The van der Waals surface area contributed by atoms with Gasteiger partial charge in [-0.15, -0.1) is 11.8 Å². The minimum Gasteiger partial charge on any atom is -0.494 e. The Balaban J connectivity index is 2.59. The lowest BCUT2D eigenvalue weighted by atomic mass is 9.79. The van der Waals surface area contributed by atoms with Crippen molar-refractivity contribution in [3.8, 4) is 17.9 Å². The van der Waals surface area contributed by atoms with Gasteiger partial charge in [-0.05, 0) is 25.2 Å². The van der Waals surface area contributed by atoms with Gasteiger partial charge in [0.2, 0.25) is 5.91 Å². The summed E-state index contributed by atoms with van der Waals surface area (Å²) in [4.78, 5) is 12.4. The van der Waals surface area contributed by atoms with Gasteiger partial charge >= 0.3 is 0 Å². The maximum absolute atomic E-state index is 12.4. The molecule has 0 aromatic heterocycles. The van der Waals surface area contributed by atoms with Crippen LogP contribution in [0.3, 0.4) is 0 Å². The molecule has 0 radical (unpaired) electrons. The fraction of sp³-hybridized carbons (Fsp3) is 0.389. The van der Waals surface area contributed by atoms with Crippen LogP contribution in [0, 0.1) is 28.6 Å². The minimum atomic E-state index is -0.952. The van der Waals surface area contributed by atoms with E-state index in [2.05, 4.69) is 17.5 Å². The maximum atomic E-state index is 12.4. The summed E-state index contributed by atoms with van der Waals surface area (Å²) in [7, 11) is 0. The zero-order valence-corrected chi connectivity index (χ0v) is 14.5. The molecule has 0 bridgehead atoms. The highest BCUT2D eigenvalue weighted by molar-refractivity contribution is 8.03. The zero-order valence-electron chi connectivity index (χ0n) is 13.7. The molecular formula is C18H19N3O2S. The van der Waals surface area contributed by atoms with Crippen molar-refractivity contribution in [2.24, 2.45) is 5.92 Å². The Hall–Kier alpha value is -2.44. The molecule has 0 aliphatic carbocycles. The van der Waals surface area contributed by atoms with Gasteiger partial charge in [0, 0.05) is 5.56 Å². The van der Waals surface area contributed by atoms with Gasteiger partial charge in [-0.1, -0.05) is 25.1 Å². The van der Waals surface area contributed by atoms with Gasteiger partial charge < -0.3 is 10.1 Å². The zero-order chi connectivity index (χ0) is 17.5. The monoisotopic (exact) mass is 341 g/mol. The smallest absolute Gasteiger partial charge is 0.243 e. The van der Waals surface area contributed by atoms with E-state index in [1.807, 2.05) is 32.0 Å². The van der Waals surface area contributed by atoms with Crippen molar-refractivity contribution in [2.75, 3.05) is 12.4 Å². The number of nitriles is 2. The fourth-order valence-corrected chi connectivity index (χ4v) is 3.56. The summed E-state index contributed by atoms with van der Waals surface area (Å²) in [6, 6.07) is 11.5. The molecule has 1 amide bonds. The van der Waals surface area contributed by atoms with Crippen LogP contribution in [0.4, 0.5) is 0 Å². The summed E-state index contributed by atoms with van der Waals surface area (Å²) in [5.74, 6) is -0.542. The first-order valence-electron chi connectivity index (χ1n) is 7.87. The van der Waals surface area contributed by atoms with Gasteiger partial charge in [-0.25, -0.2) is 0 Å². The number of para-hydroxylation sites is 1. The lowest BCUT2D eigenvalue weighted by Gasteiger charge is -2.29. The number of carbonyl (C=O) groups is 1. The highest BCUT2D eigenvalue weighted by atomic mass is 32.2. The molecule has 24 heavy (non-hydrogen) atoms. The van der Waals surface area contributed by atoms with Crippen LogP contribution in [0.2, 0.25) is 0 Å². The topological polar surface area (TPSA) is 85.9 Å². The van der Waals surface area contributed by atoms with Crippen LogP contribution in [0.5, 0.6) is 5.75 Å². The van der Waals surface area contributed by atoms with Crippen LogP contribution < -0.4 is 10.1 Å². The molecule has 124 valence electrons. The molecule has 6 heteroatoms. The van der Waals surface area contributed by atoms with Crippen LogP contribution in [0.15, 0.2) is 34.9 Å². The van der Waals surface area contributed by atoms with E-state index in [1.54, 1.807) is 6.07 Å². The van der Waals surface area contributed by atoms with Crippen molar-refractivity contribution >= 4 is 17.7 Å². The van der Waals surface area contributed by atoms with Crippen molar-refractivity contribution in [1.29, 1.82) is 10.5 Å². The Labute approximate surface area is 146 Å². The second-order valence-electron chi connectivity index (χ2n) is 5.25. The molecule has 5 nitrogen and oxygen atoms in total. The van der Waals surface area contributed by atoms with Crippen molar-refractivity contribution in [2.45, 2.75) is 26.2 Å². The number of ether oxygens (including phenoxy) is 1. The molecular weight excluding hydrogens is 322 g/mol. The summed E-state index contributed by atoms with van der Waals surface area (Å²) in [5, 5.41) is 22.5. The molecule has 1 heterocycles. The number of hydrogen-bond acceptors (Lipinski definition) is 5. The molecule has 0 saturated heterocycles. The van der Waals surface area contributed by atoms with Crippen molar-refractivity contribution in [3.63, 3.8) is 0 Å². The van der Waals surface area contributed by atoms with E-state index in [0.29, 0.717) is 28.5 Å². The first kappa shape index (κ1) is 17.9. The lowest BCUT2D eigenvalue weighted by Crippen LogP contribution is -2.39. The van der Waals surface area contributed by atoms with E-state index in [0.717, 1.165) is 12.2 Å². The molecule has 2 rings (SSSR count). The number of benzene rings is 1. The Morgan fingerprint density at radius 3 is 2.67 bits per heavy atom. The number of nitrogens with zero attached hydrogens (tertiary/aromatic N) is 2. The molecule has 1 aromatic carbocycles. The molecule has 0 saturated carbocycles. The standard InChI is InChI=1S/C18H19N3O2S/c1-3-9-24-18-14(11-20)16(13(10-19)17(22)21-18)12-7-5-6-8-15(12)23-4-2/h5-8,13,16H,3-4,9H2,1-2H3,(H,21,22)/t13-,16-/m0/s1. The molecule has 0 spiro atoms. The summed E-state index contributed by atoms with van der Waals surface area (Å²) in [5.41, 5.74) is 1.12. The molecule has 1 aliphatic rings. The number of rotatable bonds is 6. The van der Waals surface area contributed by atoms with Crippen LogP contribution in [-0.4, -0.2) is 18.3 Å². The summed E-state index contributed by atoms with van der Waals surface area (Å²) < 4.78 is 5.65. The number of amides is 1. The normalized spacial score (nSPS) is 20.1. The van der Waals surface area contributed by atoms with Crippen LogP contribution in [0.1, 0.15) is 31.7 Å². The second kappa shape index (κ2) is 8.42. The van der Waals surface area contributed by atoms with Crippen molar-refractivity contribution in [1.82, 2.24) is 5.32 Å². The lowest BCUT2D eigenvalue weighted by molar-refractivity contribution is -0.123. The number of hydrogen-bond donors (Lipinski definition) is 1. The number of nitrogens with one attached hydrogen (secondary N) is 1. The third-order valence-corrected chi connectivity index (χ3v) is 4.90. The van der Waals surface area contributed by atoms with Crippen LogP contribution in [-0.2, 0) is 4.79 Å². The highest BCUT2D eigenvalue weighted by Crippen LogP contribution is 2.42. The Bertz CT molecular complexity index is 731. The van der Waals surface area contributed by atoms with Crippen molar-refractivity contribution in [3.05, 3.63) is 40.4 Å². The first-order chi connectivity index (χ1) is 11.7. The second-order valence-corrected chi connectivity index (χ2v) is 6.35. The van der Waals surface area contributed by atoms with Crippen LogP contribution >= 0.6 is 11.8 Å². The van der Waals surface area contributed by atoms with E-state index >= 15 is 0 Å². The maximum Gasteiger partial charge on any atom is 0.243 e. The number of thioether (sulfide) groups is 1. The van der Waals surface area contributed by atoms with E-state index in [1.165, 1.54) is 11.8 Å². The molecule has 0 unspecified atom stereocenters. The SMILES string of the molecule is CCCSC1=C(C#N)[C@@H](c2ccccc2OCC)[C@H](C#N)C(=O)N1. The number of allylic oxidation sites excluding steroid dienone is 1. The van der Waals surface area contributed by atoms with Crippen LogP contribution in [0.25, 0.3) is 0 Å². The number of carbonyl (C=O) groups excluding carboxylic acids is 1.